The Kier molecular flexibility index (Phi) is 13.8. The Morgan fingerprint density at radius 3 is 2.27 bits per heavy atom. The highest BCUT2D eigenvalue weighted by Crippen LogP contribution is 2.51. The lowest BCUT2D eigenvalue weighted by atomic mass is 9.57. The number of carbonyl (C=O) groups excluding carboxylic acids is 2. The Balaban J connectivity index is 0.852. The molecule has 13 heteroatoms. The molecule has 6 fully saturated rings. The number of nitrogens with zero attached hydrogens (tertiary/aromatic N) is 5. The largest absolute Gasteiger partial charge is 0.453 e. The zero-order valence-electron chi connectivity index (χ0n) is 35.7. The summed E-state index contributed by atoms with van der Waals surface area (Å²) in [5.74, 6) is 0.791. The summed E-state index contributed by atoms with van der Waals surface area (Å²) < 4.78 is 47.7. The lowest BCUT2D eigenvalue weighted by molar-refractivity contribution is -0.126. The van der Waals surface area contributed by atoms with Crippen LogP contribution in [0.4, 0.5) is 14.9 Å². The summed E-state index contributed by atoms with van der Waals surface area (Å²) in [5, 5.41) is 2.60. The second-order valence-electron chi connectivity index (χ2n) is 18.7. The van der Waals surface area contributed by atoms with Crippen LogP contribution in [0.5, 0.6) is 0 Å². The first kappa shape index (κ1) is 43.1. The molecule has 0 bridgehead atoms. The third kappa shape index (κ3) is 9.59. The molecule has 0 aromatic heterocycles. The lowest BCUT2D eigenvalue weighted by Crippen LogP contribution is -2.60. The number of rotatable bonds is 14. The monoisotopic (exact) mass is 846 g/mol. The molecule has 5 heterocycles. The van der Waals surface area contributed by atoms with Gasteiger partial charge in [-0.1, -0.05) is 31.1 Å². The summed E-state index contributed by atoms with van der Waals surface area (Å²) in [5.41, 5.74) is 1.84. The van der Waals surface area contributed by atoms with Crippen LogP contribution in [0.1, 0.15) is 76.2 Å². The number of amides is 2. The molecule has 2 amide bonds. The quantitative estimate of drug-likeness (QED) is 0.231. The van der Waals surface area contributed by atoms with Crippen molar-refractivity contribution in [2.45, 2.75) is 92.2 Å². The van der Waals surface area contributed by atoms with Gasteiger partial charge in [-0.15, -0.1) is 0 Å². The van der Waals surface area contributed by atoms with E-state index in [1.807, 2.05) is 24.3 Å². The number of likely N-dealkylation sites (tertiary alicyclic amines) is 4. The highest BCUT2D eigenvalue weighted by molar-refractivity contribution is 7.92. The van der Waals surface area contributed by atoms with Gasteiger partial charge in [-0.3, -0.25) is 9.69 Å². The van der Waals surface area contributed by atoms with Gasteiger partial charge in [0.1, 0.15) is 5.82 Å². The number of anilines is 1. The molecule has 0 spiro atoms. The van der Waals surface area contributed by atoms with Crippen molar-refractivity contribution in [2.75, 3.05) is 97.1 Å². The molecular formula is C47H67FN6O5S. The van der Waals surface area contributed by atoms with Crippen LogP contribution in [0.15, 0.2) is 65.6 Å². The number of nitrogens with one attached hydrogen (secondary N) is 1. The average molecular weight is 847 g/mol. The van der Waals surface area contributed by atoms with Crippen molar-refractivity contribution in [1.82, 2.24) is 24.9 Å². The van der Waals surface area contributed by atoms with E-state index in [9.17, 15) is 18.0 Å². The van der Waals surface area contributed by atoms with Crippen LogP contribution in [0, 0.1) is 23.6 Å². The van der Waals surface area contributed by atoms with Gasteiger partial charge >= 0.3 is 6.09 Å². The molecule has 5 saturated heterocycles. The highest BCUT2D eigenvalue weighted by atomic mass is 32.2. The second-order valence-corrected chi connectivity index (χ2v) is 20.9. The van der Waals surface area contributed by atoms with E-state index in [2.05, 4.69) is 31.0 Å². The topological polar surface area (TPSA) is 106 Å². The molecule has 2 aromatic rings. The second kappa shape index (κ2) is 19.3. The van der Waals surface area contributed by atoms with E-state index >= 15 is 4.39 Å². The number of hydrogen-bond acceptors (Lipinski definition) is 9. The van der Waals surface area contributed by atoms with Gasteiger partial charge in [0.05, 0.1) is 17.3 Å². The molecule has 4 atom stereocenters. The van der Waals surface area contributed by atoms with Crippen LogP contribution < -0.4 is 10.2 Å². The predicted molar refractivity (Wildman–Crippen MR) is 233 cm³/mol. The van der Waals surface area contributed by atoms with E-state index in [-0.39, 0.29) is 41.7 Å². The molecule has 0 unspecified atom stereocenters. The van der Waals surface area contributed by atoms with E-state index in [4.69, 9.17) is 4.74 Å². The van der Waals surface area contributed by atoms with Crippen LogP contribution in [0.25, 0.3) is 0 Å². The third-order valence-corrected chi connectivity index (χ3v) is 17.2. The average Bonchev–Trinajstić information content (AvgIpc) is 3.70. The molecule has 6 aliphatic rings. The number of benzene rings is 2. The molecule has 1 N–H and O–H groups in total. The summed E-state index contributed by atoms with van der Waals surface area (Å²) in [4.78, 5) is 37.4. The van der Waals surface area contributed by atoms with Crippen molar-refractivity contribution in [3.05, 3.63) is 72.1 Å². The van der Waals surface area contributed by atoms with E-state index in [0.717, 1.165) is 115 Å². The molecule has 2 aromatic carbocycles. The first-order chi connectivity index (χ1) is 29.1. The zero-order valence-corrected chi connectivity index (χ0v) is 36.5. The summed E-state index contributed by atoms with van der Waals surface area (Å²) in [7, 11) is -2.16. The van der Waals surface area contributed by atoms with Gasteiger partial charge in [0.25, 0.3) is 0 Å². The molecule has 60 heavy (non-hydrogen) atoms. The SMILES string of the molecule is COC(=O)N[C@H]1CCC[C@@H]1[C@](CN1CCC1)(c1cccc(F)c1)C1CCN(CC2CN(c3ccc(S(=O)(=O)[C@@H]4CCCN(C(=O)/C=C/CN5CCCCC5)C4)cc3)C2)CC1. The molecule has 11 nitrogen and oxygen atoms in total. The maximum Gasteiger partial charge on any atom is 0.407 e. The Morgan fingerprint density at radius 1 is 0.817 bits per heavy atom. The van der Waals surface area contributed by atoms with E-state index < -0.39 is 15.1 Å². The number of halogens is 1. The summed E-state index contributed by atoms with van der Waals surface area (Å²) in [6.45, 7) is 11.6. The fourth-order valence-electron chi connectivity index (χ4n) is 11.6. The molecule has 1 saturated carbocycles. The minimum atomic E-state index is -3.58. The van der Waals surface area contributed by atoms with Gasteiger partial charge in [-0.05, 0) is 151 Å². The van der Waals surface area contributed by atoms with E-state index in [1.165, 1.54) is 32.8 Å². The zero-order chi connectivity index (χ0) is 41.7. The molecule has 0 radical (unpaired) electrons. The molecule has 5 aliphatic heterocycles. The van der Waals surface area contributed by atoms with Crippen LogP contribution in [-0.2, 0) is 24.8 Å². The Bertz CT molecular complexity index is 1910. The predicted octanol–water partition coefficient (Wildman–Crippen LogP) is 5.95. The molecule has 328 valence electrons. The number of alkyl carbamates (subject to hydrolysis) is 1. The van der Waals surface area contributed by atoms with E-state index in [0.29, 0.717) is 36.1 Å². The Labute approximate surface area is 357 Å². The van der Waals surface area contributed by atoms with Crippen molar-refractivity contribution >= 4 is 27.5 Å². The van der Waals surface area contributed by atoms with Crippen LogP contribution in [0.3, 0.4) is 0 Å². The standard InChI is InChI=1S/C47H67FN6O5S/c1-59-46(56)49-44-14-6-13-43(44)47(35-52-25-9-26-52,38-10-5-11-39(48)30-38)37-20-28-51(29-21-37)31-36-32-54(33-36)40-16-18-41(19-17-40)60(57,58)42-12-7-27-53(34-42)45(55)15-8-24-50-22-3-2-4-23-50/h5,8,10-11,15-19,30,36-37,42-44H,2-4,6-7,9,12-14,20-29,31-35H2,1H3,(H,49,56)/b15-8+/t42-,43+,44+,47+/m1/s1. The fraction of sp³-hybridized carbons (Fsp3) is 0.660. The van der Waals surface area contributed by atoms with Gasteiger partial charge in [0.15, 0.2) is 9.84 Å². The highest BCUT2D eigenvalue weighted by Gasteiger charge is 2.53. The normalized spacial score (nSPS) is 26.4. The number of carbonyl (C=O) groups is 2. The molecule has 8 rings (SSSR count). The number of piperidine rings is 3. The molecular weight excluding hydrogens is 780 g/mol. The van der Waals surface area contributed by atoms with Crippen molar-refractivity contribution < 1.29 is 27.1 Å². The summed E-state index contributed by atoms with van der Waals surface area (Å²) in [6, 6.07) is 14.7. The van der Waals surface area contributed by atoms with Gasteiger partial charge in [0.2, 0.25) is 5.91 Å². The number of sulfone groups is 1. The van der Waals surface area contributed by atoms with Crippen molar-refractivity contribution in [2.24, 2.45) is 17.8 Å². The first-order valence-corrected chi connectivity index (χ1v) is 24.5. The maximum atomic E-state index is 15.1. The Hall–Kier alpha value is -3.52. The van der Waals surface area contributed by atoms with Gasteiger partial charge in [-0.2, -0.15) is 0 Å². The summed E-state index contributed by atoms with van der Waals surface area (Å²) in [6.07, 6.45) is 14.3. The smallest absolute Gasteiger partial charge is 0.407 e. The van der Waals surface area contributed by atoms with Crippen LogP contribution in [0.2, 0.25) is 0 Å². The van der Waals surface area contributed by atoms with Crippen LogP contribution in [-0.4, -0.2) is 144 Å². The summed E-state index contributed by atoms with van der Waals surface area (Å²) >= 11 is 0. The number of methoxy groups -OCH3 is 1. The van der Waals surface area contributed by atoms with Crippen molar-refractivity contribution in [3.63, 3.8) is 0 Å². The minimum Gasteiger partial charge on any atom is -0.453 e. The first-order valence-electron chi connectivity index (χ1n) is 22.9. The van der Waals surface area contributed by atoms with Crippen molar-refractivity contribution in [3.8, 4) is 0 Å². The molecule has 1 aliphatic carbocycles. The third-order valence-electron chi connectivity index (χ3n) is 15.0. The van der Waals surface area contributed by atoms with E-state index in [1.54, 1.807) is 35.2 Å². The van der Waals surface area contributed by atoms with Gasteiger partial charge < -0.3 is 29.7 Å². The number of ether oxygens (including phenoxy) is 1. The lowest BCUT2D eigenvalue weighted by Gasteiger charge is -2.54. The minimum absolute atomic E-state index is 0.00919. The van der Waals surface area contributed by atoms with Gasteiger partial charge in [-0.25, -0.2) is 17.6 Å². The number of hydrogen-bond donors (Lipinski definition) is 1. The Morgan fingerprint density at radius 2 is 1.57 bits per heavy atom. The van der Waals surface area contributed by atoms with Gasteiger partial charge in [0, 0.05) is 75.0 Å². The van der Waals surface area contributed by atoms with Crippen molar-refractivity contribution in [1.29, 1.82) is 0 Å². The fourth-order valence-corrected chi connectivity index (χ4v) is 13.4. The maximum absolute atomic E-state index is 15.1. The van der Waals surface area contributed by atoms with Crippen LogP contribution >= 0.6 is 0 Å².